The average molecular weight is 350 g/mol. The molecule has 0 saturated carbocycles. The molecular formula is C20H22N4O2. The number of carbonyl (C=O) groups excluding carboxylic acids is 2. The van der Waals surface area contributed by atoms with Gasteiger partial charge in [0.15, 0.2) is 0 Å². The highest BCUT2D eigenvalue weighted by Crippen LogP contribution is 2.18. The third kappa shape index (κ3) is 5.42. The molecule has 0 aliphatic heterocycles. The van der Waals surface area contributed by atoms with E-state index in [1.165, 1.54) is 0 Å². The molecule has 0 aliphatic rings. The molecule has 26 heavy (non-hydrogen) atoms. The van der Waals surface area contributed by atoms with E-state index in [2.05, 4.69) is 15.6 Å². The van der Waals surface area contributed by atoms with Gasteiger partial charge in [0.25, 0.3) is 5.91 Å². The molecule has 0 bridgehead atoms. The summed E-state index contributed by atoms with van der Waals surface area (Å²) in [5.74, 6) is -0.469. The zero-order chi connectivity index (χ0) is 18.9. The molecule has 134 valence electrons. The van der Waals surface area contributed by atoms with Gasteiger partial charge in [-0.3, -0.25) is 14.6 Å². The normalized spacial score (nSPS) is 11.5. The lowest BCUT2D eigenvalue weighted by Crippen LogP contribution is -2.47. The quantitative estimate of drug-likeness (QED) is 0.750. The Morgan fingerprint density at radius 3 is 2.65 bits per heavy atom. The van der Waals surface area contributed by atoms with Crippen molar-refractivity contribution in [3.63, 3.8) is 0 Å². The summed E-state index contributed by atoms with van der Waals surface area (Å²) in [6, 6.07) is 13.9. The standard InChI is InChI=1S/C20H22N4O2/c1-14(2)12-18(20(26)23-11-9-21)24-19(25)16-7-5-6-15(13-16)17-8-3-4-10-22-17/h3-8,10,13-14,18H,11-12H2,1-2H3,(H,23,26)(H,24,25)/t18-/m0/s1. The maximum Gasteiger partial charge on any atom is 0.251 e. The van der Waals surface area contributed by atoms with E-state index in [-0.39, 0.29) is 24.3 Å². The van der Waals surface area contributed by atoms with Gasteiger partial charge in [0.1, 0.15) is 12.6 Å². The van der Waals surface area contributed by atoms with Crippen molar-refractivity contribution < 1.29 is 9.59 Å². The van der Waals surface area contributed by atoms with Crippen LogP contribution in [-0.4, -0.2) is 29.4 Å². The number of rotatable bonds is 7. The lowest BCUT2D eigenvalue weighted by Gasteiger charge is -2.19. The van der Waals surface area contributed by atoms with Gasteiger partial charge in [-0.2, -0.15) is 5.26 Å². The van der Waals surface area contributed by atoms with Crippen molar-refractivity contribution in [3.8, 4) is 17.3 Å². The molecule has 1 aromatic heterocycles. The van der Waals surface area contributed by atoms with Crippen LogP contribution in [0, 0.1) is 17.2 Å². The van der Waals surface area contributed by atoms with Crippen LogP contribution in [-0.2, 0) is 4.79 Å². The van der Waals surface area contributed by atoms with Gasteiger partial charge in [-0.15, -0.1) is 0 Å². The highest BCUT2D eigenvalue weighted by atomic mass is 16.2. The first kappa shape index (κ1) is 19.1. The van der Waals surface area contributed by atoms with Gasteiger partial charge >= 0.3 is 0 Å². The Kier molecular flexibility index (Phi) is 6.86. The molecule has 0 saturated heterocycles. The van der Waals surface area contributed by atoms with Crippen LogP contribution in [0.4, 0.5) is 0 Å². The number of nitrogens with zero attached hydrogens (tertiary/aromatic N) is 2. The average Bonchev–Trinajstić information content (AvgIpc) is 2.66. The van der Waals surface area contributed by atoms with Crippen LogP contribution >= 0.6 is 0 Å². The van der Waals surface area contributed by atoms with E-state index in [9.17, 15) is 9.59 Å². The van der Waals surface area contributed by atoms with Gasteiger partial charge in [-0.1, -0.05) is 32.0 Å². The number of hydrogen-bond acceptors (Lipinski definition) is 4. The van der Waals surface area contributed by atoms with Gasteiger partial charge in [-0.25, -0.2) is 0 Å². The monoisotopic (exact) mass is 350 g/mol. The Bertz CT molecular complexity index is 797. The van der Waals surface area contributed by atoms with E-state index >= 15 is 0 Å². The Balaban J connectivity index is 2.16. The summed E-state index contributed by atoms with van der Waals surface area (Å²) < 4.78 is 0. The van der Waals surface area contributed by atoms with Crippen molar-refractivity contribution in [3.05, 3.63) is 54.2 Å². The number of amides is 2. The van der Waals surface area contributed by atoms with E-state index in [4.69, 9.17) is 5.26 Å². The summed E-state index contributed by atoms with van der Waals surface area (Å²) in [7, 11) is 0. The van der Waals surface area contributed by atoms with Crippen LogP contribution in [0.5, 0.6) is 0 Å². The summed E-state index contributed by atoms with van der Waals surface area (Å²) in [6.07, 6.45) is 2.18. The smallest absolute Gasteiger partial charge is 0.251 e. The lowest BCUT2D eigenvalue weighted by atomic mass is 10.0. The van der Waals surface area contributed by atoms with Crippen LogP contribution in [0.3, 0.4) is 0 Å². The van der Waals surface area contributed by atoms with Gasteiger partial charge in [-0.05, 0) is 36.6 Å². The zero-order valence-electron chi connectivity index (χ0n) is 14.9. The highest BCUT2D eigenvalue weighted by molar-refractivity contribution is 5.98. The van der Waals surface area contributed by atoms with E-state index in [0.29, 0.717) is 12.0 Å². The maximum absolute atomic E-state index is 12.6. The minimum Gasteiger partial charge on any atom is -0.341 e. The molecular weight excluding hydrogens is 328 g/mol. The van der Waals surface area contributed by atoms with Gasteiger partial charge < -0.3 is 10.6 Å². The van der Waals surface area contributed by atoms with Crippen LogP contribution in [0.25, 0.3) is 11.3 Å². The molecule has 0 radical (unpaired) electrons. The van der Waals surface area contributed by atoms with Crippen LogP contribution in [0.2, 0.25) is 0 Å². The summed E-state index contributed by atoms with van der Waals surface area (Å²) in [4.78, 5) is 29.1. The van der Waals surface area contributed by atoms with Crippen molar-refractivity contribution in [1.29, 1.82) is 5.26 Å². The first-order chi connectivity index (χ1) is 12.5. The molecule has 0 unspecified atom stereocenters. The summed E-state index contributed by atoms with van der Waals surface area (Å²) >= 11 is 0. The zero-order valence-corrected chi connectivity index (χ0v) is 14.9. The van der Waals surface area contributed by atoms with E-state index in [0.717, 1.165) is 11.3 Å². The first-order valence-corrected chi connectivity index (χ1v) is 8.48. The van der Waals surface area contributed by atoms with E-state index in [1.54, 1.807) is 24.4 Å². The molecule has 6 nitrogen and oxygen atoms in total. The fourth-order valence-corrected chi connectivity index (χ4v) is 2.55. The number of pyridine rings is 1. The fourth-order valence-electron chi connectivity index (χ4n) is 2.55. The van der Waals surface area contributed by atoms with Crippen molar-refractivity contribution in [2.45, 2.75) is 26.3 Å². The molecule has 2 amide bonds. The van der Waals surface area contributed by atoms with Crippen molar-refractivity contribution >= 4 is 11.8 Å². The molecule has 2 N–H and O–H groups in total. The van der Waals surface area contributed by atoms with Gasteiger partial charge in [0, 0.05) is 17.3 Å². The minimum atomic E-state index is -0.686. The highest BCUT2D eigenvalue weighted by Gasteiger charge is 2.22. The van der Waals surface area contributed by atoms with Crippen molar-refractivity contribution in [1.82, 2.24) is 15.6 Å². The van der Waals surface area contributed by atoms with E-state index in [1.807, 2.05) is 44.2 Å². The SMILES string of the molecule is CC(C)C[C@H](NC(=O)c1cccc(-c2ccccn2)c1)C(=O)NCC#N. The van der Waals surface area contributed by atoms with Crippen molar-refractivity contribution in [2.24, 2.45) is 5.92 Å². The Morgan fingerprint density at radius 1 is 1.19 bits per heavy atom. The second kappa shape index (κ2) is 9.33. The summed E-state index contributed by atoms with van der Waals surface area (Å²) in [5.41, 5.74) is 2.05. The predicted molar refractivity (Wildman–Crippen MR) is 99.0 cm³/mol. The molecule has 2 aromatic rings. The molecule has 0 aliphatic carbocycles. The number of aromatic nitrogens is 1. The molecule has 1 heterocycles. The van der Waals surface area contributed by atoms with Crippen LogP contribution in [0.15, 0.2) is 48.7 Å². The topological polar surface area (TPSA) is 94.9 Å². The van der Waals surface area contributed by atoms with Crippen LogP contribution in [0.1, 0.15) is 30.6 Å². The van der Waals surface area contributed by atoms with Crippen LogP contribution < -0.4 is 10.6 Å². The predicted octanol–water partition coefficient (Wildman–Crippen LogP) is 2.53. The maximum atomic E-state index is 12.6. The number of hydrogen-bond donors (Lipinski definition) is 2. The van der Waals surface area contributed by atoms with E-state index < -0.39 is 6.04 Å². The Labute approximate surface area is 153 Å². The largest absolute Gasteiger partial charge is 0.341 e. The fraction of sp³-hybridized carbons (Fsp3) is 0.300. The van der Waals surface area contributed by atoms with Crippen molar-refractivity contribution in [2.75, 3.05) is 6.54 Å². The second-order valence-electron chi connectivity index (χ2n) is 6.33. The Hall–Kier alpha value is -3.20. The summed E-state index contributed by atoms with van der Waals surface area (Å²) in [6.45, 7) is 3.86. The number of nitrogens with one attached hydrogen (secondary N) is 2. The minimum absolute atomic E-state index is 0.0849. The second-order valence-corrected chi connectivity index (χ2v) is 6.33. The molecule has 0 spiro atoms. The lowest BCUT2D eigenvalue weighted by molar-refractivity contribution is -0.123. The molecule has 1 atom stereocenters. The number of nitriles is 1. The van der Waals surface area contributed by atoms with Gasteiger partial charge in [0.2, 0.25) is 5.91 Å². The molecule has 1 aromatic carbocycles. The third-order valence-electron chi connectivity index (χ3n) is 3.76. The van der Waals surface area contributed by atoms with Gasteiger partial charge in [0.05, 0.1) is 11.8 Å². The molecule has 0 fully saturated rings. The number of benzene rings is 1. The Morgan fingerprint density at radius 2 is 2.00 bits per heavy atom. The molecule has 6 heteroatoms. The molecule has 2 rings (SSSR count). The number of carbonyl (C=O) groups is 2. The summed E-state index contributed by atoms with van der Waals surface area (Å²) in [5, 5.41) is 13.9. The third-order valence-corrected chi connectivity index (χ3v) is 3.76. The first-order valence-electron chi connectivity index (χ1n) is 8.48.